The van der Waals surface area contributed by atoms with Crippen LogP contribution in [-0.4, -0.2) is 0 Å². The Bertz CT molecular complexity index is 1600. The van der Waals surface area contributed by atoms with Gasteiger partial charge in [0.25, 0.3) is 0 Å². The van der Waals surface area contributed by atoms with Gasteiger partial charge in [-0.05, 0) is 130 Å². The highest BCUT2D eigenvalue weighted by Gasteiger charge is 2.24. The van der Waals surface area contributed by atoms with Crippen molar-refractivity contribution in [3.63, 3.8) is 0 Å². The molecule has 0 radical (unpaired) electrons. The Balaban J connectivity index is 0.000000381. The summed E-state index contributed by atoms with van der Waals surface area (Å²) in [5.74, 6) is -2.48. The molecule has 4 rings (SSSR count). The van der Waals surface area contributed by atoms with Crippen LogP contribution < -0.4 is 0 Å². The maximum Gasteiger partial charge on any atom is 0.0347 e. The van der Waals surface area contributed by atoms with Crippen LogP contribution in [0.4, 0.5) is 0 Å². The molecular formula is C48H78. The minimum absolute atomic E-state index is 0.116. The molecule has 1 unspecified atom stereocenters. The van der Waals surface area contributed by atoms with Crippen molar-refractivity contribution >= 4 is 0 Å². The number of rotatable bonds is 6. The Morgan fingerprint density at radius 1 is 0.542 bits per heavy atom. The van der Waals surface area contributed by atoms with Crippen LogP contribution in [0.25, 0.3) is 0 Å². The molecule has 0 N–H and O–H groups in total. The van der Waals surface area contributed by atoms with E-state index < -0.39 is 30.4 Å². The normalized spacial score (nSPS) is 19.7. The van der Waals surface area contributed by atoms with Crippen LogP contribution in [0.5, 0.6) is 0 Å². The number of hydrogen-bond acceptors (Lipinski definition) is 0. The van der Waals surface area contributed by atoms with Crippen LogP contribution in [0.15, 0.2) is 54.6 Å². The summed E-state index contributed by atoms with van der Waals surface area (Å²) in [6.07, 6.45) is 4.62. The Morgan fingerprint density at radius 2 is 0.812 bits per heavy atom. The van der Waals surface area contributed by atoms with Crippen molar-refractivity contribution in [3.8, 4) is 0 Å². The molecule has 1 saturated carbocycles. The molecule has 0 saturated heterocycles. The summed E-state index contributed by atoms with van der Waals surface area (Å²) in [6.45, 7) is 31.8. The number of hydrogen-bond donors (Lipinski definition) is 0. The maximum atomic E-state index is 8.14. The summed E-state index contributed by atoms with van der Waals surface area (Å²) >= 11 is 0. The first-order chi connectivity index (χ1) is 25.0. The molecule has 1 aliphatic rings. The van der Waals surface area contributed by atoms with Gasteiger partial charge < -0.3 is 0 Å². The predicted octanol–water partition coefficient (Wildman–Crippen LogP) is 15.9. The van der Waals surface area contributed by atoms with Crippen LogP contribution in [-0.2, 0) is 0 Å². The van der Waals surface area contributed by atoms with E-state index in [4.69, 9.17) is 11.0 Å². The van der Waals surface area contributed by atoms with Crippen LogP contribution in [0.3, 0.4) is 0 Å². The largest absolute Gasteiger partial charge is 0.0625 e. The van der Waals surface area contributed by atoms with Crippen LogP contribution in [0.1, 0.15) is 226 Å². The summed E-state index contributed by atoms with van der Waals surface area (Å²) < 4.78 is 62.6. The third-order valence-corrected chi connectivity index (χ3v) is 9.81. The van der Waals surface area contributed by atoms with E-state index in [2.05, 4.69) is 73.6 Å². The molecule has 0 heterocycles. The van der Waals surface area contributed by atoms with Gasteiger partial charge in [0.2, 0.25) is 0 Å². The fraction of sp³-hybridized carbons (Fsp3) is 0.625. The van der Waals surface area contributed by atoms with Gasteiger partial charge in [-0.25, -0.2) is 0 Å². The van der Waals surface area contributed by atoms with Crippen LogP contribution >= 0.6 is 0 Å². The smallest absolute Gasteiger partial charge is 0.0347 e. The van der Waals surface area contributed by atoms with Crippen LogP contribution in [0, 0.1) is 32.1 Å². The van der Waals surface area contributed by atoms with E-state index in [0.717, 1.165) is 40.7 Å². The fourth-order valence-corrected chi connectivity index (χ4v) is 6.58. The predicted molar refractivity (Wildman–Crippen MR) is 219 cm³/mol. The zero-order valence-electron chi connectivity index (χ0n) is 42.2. The second kappa shape index (κ2) is 20.4. The third kappa shape index (κ3) is 13.9. The molecule has 3 aromatic rings. The summed E-state index contributed by atoms with van der Waals surface area (Å²) in [5, 5.41) is 0. The van der Waals surface area contributed by atoms with Gasteiger partial charge in [-0.15, -0.1) is 0 Å². The Morgan fingerprint density at radius 3 is 1.06 bits per heavy atom. The molecule has 0 spiro atoms. The van der Waals surface area contributed by atoms with Crippen molar-refractivity contribution in [1.29, 1.82) is 0 Å². The molecule has 0 bridgehead atoms. The molecule has 0 amide bonds. The van der Waals surface area contributed by atoms with Crippen molar-refractivity contribution in [3.05, 3.63) is 105 Å². The molecular weight excluding hydrogens is 577 g/mol. The van der Waals surface area contributed by atoms with E-state index in [9.17, 15) is 0 Å². The lowest BCUT2D eigenvalue weighted by molar-refractivity contribution is 0.201. The summed E-state index contributed by atoms with van der Waals surface area (Å²) in [5.41, 5.74) is 10.1. The molecule has 0 aliphatic heterocycles. The highest BCUT2D eigenvalue weighted by molar-refractivity contribution is 5.39. The summed E-state index contributed by atoms with van der Waals surface area (Å²) in [4.78, 5) is 0. The quantitative estimate of drug-likeness (QED) is 0.246. The second-order valence-corrected chi connectivity index (χ2v) is 16.1. The molecule has 1 fully saturated rings. The highest BCUT2D eigenvalue weighted by Crippen LogP contribution is 2.37. The minimum atomic E-state index is -2.39. The van der Waals surface area contributed by atoms with Crippen molar-refractivity contribution in [1.82, 2.24) is 0 Å². The lowest BCUT2D eigenvalue weighted by atomic mass is 9.74. The molecule has 48 heavy (non-hydrogen) atoms. The molecule has 1 atom stereocenters. The molecule has 1 aliphatic carbocycles. The van der Waals surface area contributed by atoms with Gasteiger partial charge in [-0.1, -0.05) is 171 Å². The van der Waals surface area contributed by atoms with Gasteiger partial charge in [-0.3, -0.25) is 0 Å². The van der Waals surface area contributed by atoms with E-state index in [1.165, 1.54) is 36.5 Å². The molecule has 270 valence electrons. The van der Waals surface area contributed by atoms with E-state index in [-0.39, 0.29) is 5.89 Å². The van der Waals surface area contributed by atoms with Gasteiger partial charge in [-0.2, -0.15) is 0 Å². The van der Waals surface area contributed by atoms with Crippen LogP contribution in [0.2, 0.25) is 0 Å². The fourth-order valence-electron chi connectivity index (χ4n) is 6.58. The molecule has 3 aromatic carbocycles. The zero-order chi connectivity index (χ0) is 44.0. The lowest BCUT2D eigenvalue weighted by Gasteiger charge is -2.32. The van der Waals surface area contributed by atoms with Gasteiger partial charge in [0, 0.05) is 11.0 Å². The van der Waals surface area contributed by atoms with Crippen molar-refractivity contribution < 1.29 is 11.0 Å². The van der Waals surface area contributed by atoms with Crippen molar-refractivity contribution in [2.45, 2.75) is 186 Å². The SMILES string of the molecule is Cc1c(C(C)C)cccc1C(C)C.[2H]C(C)(C)c1cccc(C([2H])(C)C([2H])([2H])[2H])c1C.[2H]C(C)(C)c1cccc(C([2H])(C)C)c1C.[2H]C1(C)CCC(C)(C)CC1. The van der Waals surface area contributed by atoms with E-state index in [1.807, 2.05) is 58.9 Å². The van der Waals surface area contributed by atoms with Crippen molar-refractivity contribution in [2.75, 3.05) is 0 Å². The van der Waals surface area contributed by atoms with Gasteiger partial charge >= 0.3 is 0 Å². The second-order valence-electron chi connectivity index (χ2n) is 16.1. The highest BCUT2D eigenvalue weighted by atomic mass is 14.3. The first-order valence-corrected chi connectivity index (χ1v) is 18.3. The topological polar surface area (TPSA) is 0 Å². The average molecular weight is 663 g/mol. The maximum absolute atomic E-state index is 8.14. The van der Waals surface area contributed by atoms with Gasteiger partial charge in [0.05, 0.1) is 0 Å². The van der Waals surface area contributed by atoms with Crippen molar-refractivity contribution in [2.24, 2.45) is 11.3 Å². The van der Waals surface area contributed by atoms with E-state index >= 15 is 0 Å². The van der Waals surface area contributed by atoms with E-state index in [1.54, 1.807) is 32.9 Å². The standard InChI is InChI=1S/3C13H20.C9H18/c3*1-9(2)12-7-6-8-13(10(3)4)11(12)5;1-8-4-6-9(2,3)7-5-8/h3*6-10H,1-5H3;8H,4-7H2,1-3H3/i1D3,9D,10D;9D,10D;;8D. The Kier molecular flexibility index (Phi) is 13.4. The van der Waals surface area contributed by atoms with Gasteiger partial charge in [0.15, 0.2) is 0 Å². The molecule has 0 nitrogen and oxygen atoms in total. The Hall–Kier alpha value is -2.34. The monoisotopic (exact) mass is 663 g/mol. The first kappa shape index (κ1) is 31.6. The lowest BCUT2D eigenvalue weighted by Crippen LogP contribution is -2.19. The minimum Gasteiger partial charge on any atom is -0.0625 e. The zero-order valence-corrected chi connectivity index (χ0v) is 34.2. The average Bonchev–Trinajstić information content (AvgIpc) is 3.01. The first-order valence-electron chi connectivity index (χ1n) is 22.3. The van der Waals surface area contributed by atoms with E-state index in [0.29, 0.717) is 22.8 Å². The summed E-state index contributed by atoms with van der Waals surface area (Å²) in [7, 11) is 0. The summed E-state index contributed by atoms with van der Waals surface area (Å²) in [6, 6.07) is 17.8. The van der Waals surface area contributed by atoms with Gasteiger partial charge in [0.1, 0.15) is 0 Å². The molecule has 0 heteroatoms. The third-order valence-electron chi connectivity index (χ3n) is 9.81. The number of benzene rings is 3. The molecule has 0 aromatic heterocycles. The Labute approximate surface area is 312 Å².